The number of hydrogen-bond acceptors (Lipinski definition) is 4. The molecular formula is C12H13N3O. The third kappa shape index (κ3) is 2.14. The molecule has 0 atom stereocenters. The van der Waals surface area contributed by atoms with Gasteiger partial charge in [-0.25, -0.2) is 0 Å². The van der Waals surface area contributed by atoms with E-state index in [-0.39, 0.29) is 0 Å². The number of nitrogens with one attached hydrogen (secondary N) is 1. The Labute approximate surface area is 94.6 Å². The molecule has 0 radical (unpaired) electrons. The molecule has 2 rings (SSSR count). The second-order valence-corrected chi connectivity index (χ2v) is 3.60. The highest BCUT2D eigenvalue weighted by molar-refractivity contribution is 5.85. The molecule has 1 N–H and O–H groups in total. The van der Waals surface area contributed by atoms with Crippen LogP contribution in [0.5, 0.6) is 5.75 Å². The van der Waals surface area contributed by atoms with Gasteiger partial charge in [-0.3, -0.25) is 4.99 Å². The van der Waals surface area contributed by atoms with Crippen LogP contribution in [0.2, 0.25) is 0 Å². The molecule has 4 heteroatoms. The summed E-state index contributed by atoms with van der Waals surface area (Å²) >= 11 is 0. The molecule has 82 valence electrons. The van der Waals surface area contributed by atoms with Crippen molar-refractivity contribution in [2.24, 2.45) is 4.99 Å². The lowest BCUT2D eigenvalue weighted by molar-refractivity contribution is 0.372. The molecule has 0 saturated heterocycles. The highest BCUT2D eigenvalue weighted by Gasteiger charge is 2.09. The van der Waals surface area contributed by atoms with E-state index in [9.17, 15) is 0 Å². The summed E-state index contributed by atoms with van der Waals surface area (Å²) in [6.45, 7) is 3.98. The lowest BCUT2D eigenvalue weighted by Gasteiger charge is -2.09. The van der Waals surface area contributed by atoms with Gasteiger partial charge in [-0.1, -0.05) is 12.1 Å². The number of hydrogen-bond donors (Lipinski definition) is 1. The first-order valence-electron chi connectivity index (χ1n) is 5.21. The Morgan fingerprint density at radius 3 is 3.12 bits per heavy atom. The smallest absolute Gasteiger partial charge is 0.145 e. The zero-order chi connectivity index (χ0) is 11.4. The minimum absolute atomic E-state index is 0.401. The first-order chi connectivity index (χ1) is 7.81. The van der Waals surface area contributed by atoms with E-state index in [4.69, 9.17) is 10.00 Å². The normalized spacial score (nSPS) is 13.9. The quantitative estimate of drug-likeness (QED) is 0.825. The molecule has 1 aliphatic heterocycles. The van der Waals surface area contributed by atoms with Gasteiger partial charge in [0.05, 0.1) is 12.1 Å². The van der Waals surface area contributed by atoms with Gasteiger partial charge in [-0.05, 0) is 18.6 Å². The Morgan fingerprint density at radius 2 is 2.44 bits per heavy atom. The van der Waals surface area contributed by atoms with E-state index in [2.05, 4.69) is 16.4 Å². The maximum absolute atomic E-state index is 9.02. The number of aryl methyl sites for hydroxylation is 1. The highest BCUT2D eigenvalue weighted by Crippen LogP contribution is 2.20. The molecule has 4 nitrogen and oxygen atoms in total. The summed E-state index contributed by atoms with van der Waals surface area (Å²) in [4.78, 5) is 4.23. The van der Waals surface area contributed by atoms with Gasteiger partial charge in [0.15, 0.2) is 0 Å². The molecule has 0 amide bonds. The van der Waals surface area contributed by atoms with Gasteiger partial charge >= 0.3 is 0 Å². The Hall–Kier alpha value is -2.02. The summed E-state index contributed by atoms with van der Waals surface area (Å²) in [6.07, 6.45) is 0. The van der Waals surface area contributed by atoms with Crippen molar-refractivity contribution in [3.8, 4) is 11.8 Å². The first kappa shape index (κ1) is 10.5. The summed E-state index contributed by atoms with van der Waals surface area (Å²) in [5, 5.41) is 12.1. The molecule has 1 aromatic carbocycles. The Balaban J connectivity index is 2.09. The van der Waals surface area contributed by atoms with E-state index in [1.54, 1.807) is 6.07 Å². The van der Waals surface area contributed by atoms with Gasteiger partial charge in [-0.15, -0.1) is 0 Å². The Morgan fingerprint density at radius 1 is 1.56 bits per heavy atom. The number of ether oxygens (including phenoxy) is 1. The molecule has 1 aromatic rings. The van der Waals surface area contributed by atoms with Crippen molar-refractivity contribution in [2.75, 3.05) is 19.7 Å². The second-order valence-electron chi connectivity index (χ2n) is 3.60. The van der Waals surface area contributed by atoms with Gasteiger partial charge in [0.25, 0.3) is 0 Å². The Bertz CT molecular complexity index is 460. The summed E-state index contributed by atoms with van der Waals surface area (Å²) in [6, 6.07) is 7.74. The lowest BCUT2D eigenvalue weighted by Crippen LogP contribution is -2.25. The van der Waals surface area contributed by atoms with Crippen molar-refractivity contribution >= 4 is 5.84 Å². The van der Waals surface area contributed by atoms with Gasteiger partial charge in [-0.2, -0.15) is 5.26 Å². The van der Waals surface area contributed by atoms with E-state index in [0.29, 0.717) is 17.9 Å². The molecular weight excluding hydrogens is 202 g/mol. The van der Waals surface area contributed by atoms with Crippen LogP contribution in [-0.4, -0.2) is 25.5 Å². The molecule has 0 unspecified atom stereocenters. The number of amidine groups is 1. The monoisotopic (exact) mass is 215 g/mol. The van der Waals surface area contributed by atoms with Crippen molar-refractivity contribution in [3.05, 3.63) is 29.3 Å². The minimum atomic E-state index is 0.401. The summed E-state index contributed by atoms with van der Waals surface area (Å²) in [5.41, 5.74) is 1.53. The average molecular weight is 215 g/mol. The topological polar surface area (TPSA) is 57.4 Å². The third-order valence-electron chi connectivity index (χ3n) is 2.45. The van der Waals surface area contributed by atoms with Crippen LogP contribution >= 0.6 is 0 Å². The van der Waals surface area contributed by atoms with Gasteiger partial charge in [0.2, 0.25) is 0 Å². The SMILES string of the molecule is Cc1cccc(OCC2=NCCN2)c1C#N. The van der Waals surface area contributed by atoms with Crippen LogP contribution < -0.4 is 10.1 Å². The standard InChI is InChI=1S/C12H13N3O/c1-9-3-2-4-11(10(9)7-13)16-8-12-14-5-6-15-12/h2-4H,5-6,8H2,1H3,(H,14,15). The van der Waals surface area contributed by atoms with Crippen LogP contribution in [0.3, 0.4) is 0 Å². The molecule has 0 spiro atoms. The fourth-order valence-corrected chi connectivity index (χ4v) is 1.59. The molecule has 0 bridgehead atoms. The van der Waals surface area contributed by atoms with Gasteiger partial charge < -0.3 is 10.1 Å². The largest absolute Gasteiger partial charge is 0.484 e. The average Bonchev–Trinajstić information content (AvgIpc) is 2.79. The van der Waals surface area contributed by atoms with Crippen LogP contribution in [0.25, 0.3) is 0 Å². The zero-order valence-electron chi connectivity index (χ0n) is 9.16. The fraction of sp³-hybridized carbons (Fsp3) is 0.333. The van der Waals surface area contributed by atoms with E-state index < -0.39 is 0 Å². The molecule has 0 aromatic heterocycles. The van der Waals surface area contributed by atoms with Crippen molar-refractivity contribution < 1.29 is 4.74 Å². The fourth-order valence-electron chi connectivity index (χ4n) is 1.59. The lowest BCUT2D eigenvalue weighted by atomic mass is 10.1. The van der Waals surface area contributed by atoms with Gasteiger partial charge in [0, 0.05) is 6.54 Å². The minimum Gasteiger partial charge on any atom is -0.484 e. The summed E-state index contributed by atoms with van der Waals surface area (Å²) < 4.78 is 5.58. The van der Waals surface area contributed by atoms with Crippen molar-refractivity contribution in [3.63, 3.8) is 0 Å². The molecule has 0 aliphatic carbocycles. The molecule has 1 heterocycles. The van der Waals surface area contributed by atoms with Crippen molar-refractivity contribution in [1.29, 1.82) is 5.26 Å². The maximum Gasteiger partial charge on any atom is 0.145 e. The Kier molecular flexibility index (Phi) is 3.06. The van der Waals surface area contributed by atoms with E-state index in [1.807, 2.05) is 19.1 Å². The molecule has 16 heavy (non-hydrogen) atoms. The number of nitrogens with zero attached hydrogens (tertiary/aromatic N) is 2. The highest BCUT2D eigenvalue weighted by atomic mass is 16.5. The van der Waals surface area contributed by atoms with E-state index in [1.165, 1.54) is 0 Å². The second kappa shape index (κ2) is 4.67. The van der Waals surface area contributed by atoms with Crippen LogP contribution in [-0.2, 0) is 0 Å². The zero-order valence-corrected chi connectivity index (χ0v) is 9.16. The van der Waals surface area contributed by atoms with Crippen LogP contribution in [0.15, 0.2) is 23.2 Å². The first-order valence-corrected chi connectivity index (χ1v) is 5.21. The van der Waals surface area contributed by atoms with Crippen molar-refractivity contribution in [1.82, 2.24) is 5.32 Å². The predicted molar refractivity (Wildman–Crippen MR) is 61.7 cm³/mol. The van der Waals surface area contributed by atoms with Crippen LogP contribution in [0.4, 0.5) is 0 Å². The number of rotatable bonds is 3. The summed E-state index contributed by atoms with van der Waals surface area (Å²) in [5.74, 6) is 1.48. The van der Waals surface area contributed by atoms with E-state index >= 15 is 0 Å². The van der Waals surface area contributed by atoms with Crippen LogP contribution in [0, 0.1) is 18.3 Å². The van der Waals surface area contributed by atoms with Gasteiger partial charge in [0.1, 0.15) is 24.3 Å². The number of benzene rings is 1. The van der Waals surface area contributed by atoms with Crippen molar-refractivity contribution in [2.45, 2.75) is 6.92 Å². The van der Waals surface area contributed by atoms with Crippen LogP contribution in [0.1, 0.15) is 11.1 Å². The van der Waals surface area contributed by atoms with E-state index in [0.717, 1.165) is 24.5 Å². The molecule has 0 saturated carbocycles. The summed E-state index contributed by atoms with van der Waals surface area (Å²) in [7, 11) is 0. The maximum atomic E-state index is 9.02. The molecule has 1 aliphatic rings. The third-order valence-corrected chi connectivity index (χ3v) is 2.45. The molecule has 0 fully saturated rings. The number of nitriles is 1. The predicted octanol–water partition coefficient (Wildman–Crippen LogP) is 1.25. The number of aliphatic imine (C=N–C) groups is 1.